The van der Waals surface area contributed by atoms with Crippen LogP contribution in [0.1, 0.15) is 18.1 Å². The fraction of sp³-hybridized carbons (Fsp3) is 0.333. The van der Waals surface area contributed by atoms with Gasteiger partial charge in [-0.15, -0.1) is 0 Å². The van der Waals surface area contributed by atoms with Gasteiger partial charge in [-0.25, -0.2) is 0 Å². The van der Waals surface area contributed by atoms with E-state index in [9.17, 15) is 9.59 Å². The summed E-state index contributed by atoms with van der Waals surface area (Å²) in [6.45, 7) is 4.22. The number of nitrogens with two attached hydrogens (primary N) is 1. The molecule has 0 unspecified atom stereocenters. The number of nitrogens with one attached hydrogen (secondary N) is 1. The van der Waals surface area contributed by atoms with Crippen molar-refractivity contribution < 1.29 is 9.59 Å². The number of hydrogen-bond donors (Lipinski definition) is 2. The molecular formula is C21H25N3O2. The molecule has 1 saturated heterocycles. The van der Waals surface area contributed by atoms with Crippen LogP contribution in [-0.4, -0.2) is 36.3 Å². The van der Waals surface area contributed by atoms with E-state index in [4.69, 9.17) is 5.73 Å². The molecule has 0 bridgehead atoms. The van der Waals surface area contributed by atoms with Crippen LogP contribution in [-0.2, 0) is 21.5 Å². The number of primary amides is 1. The lowest BCUT2D eigenvalue weighted by Gasteiger charge is -2.30. The van der Waals surface area contributed by atoms with Crippen molar-refractivity contribution in [3.05, 3.63) is 71.8 Å². The average molecular weight is 351 g/mol. The number of benzene rings is 2. The highest BCUT2D eigenvalue weighted by atomic mass is 16.2. The Hall–Kier alpha value is -2.66. The molecule has 2 aromatic carbocycles. The van der Waals surface area contributed by atoms with Crippen molar-refractivity contribution in [1.82, 2.24) is 10.2 Å². The van der Waals surface area contributed by atoms with Gasteiger partial charge in [0.2, 0.25) is 11.8 Å². The quantitative estimate of drug-likeness (QED) is 0.831. The van der Waals surface area contributed by atoms with Gasteiger partial charge in [-0.2, -0.15) is 0 Å². The number of carbonyl (C=O) groups is 2. The molecule has 1 heterocycles. The average Bonchev–Trinajstić information content (AvgIpc) is 2.99. The van der Waals surface area contributed by atoms with E-state index in [0.29, 0.717) is 6.54 Å². The smallest absolute Gasteiger partial charge is 0.236 e. The highest BCUT2D eigenvalue weighted by Gasteiger charge is 2.47. The van der Waals surface area contributed by atoms with Gasteiger partial charge >= 0.3 is 0 Å². The number of carbonyl (C=O) groups excluding carboxylic acids is 2. The number of likely N-dealkylation sites (tertiary alicyclic amines) is 1. The van der Waals surface area contributed by atoms with Gasteiger partial charge < -0.3 is 11.1 Å². The van der Waals surface area contributed by atoms with E-state index in [1.165, 1.54) is 5.56 Å². The van der Waals surface area contributed by atoms with Gasteiger partial charge in [0, 0.05) is 25.0 Å². The second-order valence-corrected chi connectivity index (χ2v) is 7.18. The van der Waals surface area contributed by atoms with Crippen molar-refractivity contribution in [2.45, 2.75) is 18.9 Å². The zero-order chi connectivity index (χ0) is 18.6. The predicted molar refractivity (Wildman–Crippen MR) is 101 cm³/mol. The van der Waals surface area contributed by atoms with Crippen LogP contribution >= 0.6 is 0 Å². The summed E-state index contributed by atoms with van der Waals surface area (Å²) in [6, 6.07) is 20.4. The lowest BCUT2D eigenvalue weighted by Crippen LogP contribution is -2.44. The molecule has 1 aliphatic heterocycles. The first-order valence-corrected chi connectivity index (χ1v) is 8.87. The number of amides is 2. The Bertz CT molecular complexity index is 763. The third kappa shape index (κ3) is 3.94. The molecule has 5 heteroatoms. The lowest BCUT2D eigenvalue weighted by atomic mass is 9.73. The second-order valence-electron chi connectivity index (χ2n) is 7.18. The van der Waals surface area contributed by atoms with E-state index in [-0.39, 0.29) is 23.8 Å². The molecule has 3 N–H and O–H groups in total. The van der Waals surface area contributed by atoms with Crippen LogP contribution in [0.3, 0.4) is 0 Å². The molecule has 2 atom stereocenters. The minimum Gasteiger partial charge on any atom is -0.368 e. The summed E-state index contributed by atoms with van der Waals surface area (Å²) in [5.74, 6) is -0.891. The third-order valence-corrected chi connectivity index (χ3v) is 5.20. The van der Waals surface area contributed by atoms with Gasteiger partial charge in [-0.3, -0.25) is 14.5 Å². The predicted octanol–water partition coefficient (Wildman–Crippen LogP) is 1.68. The van der Waals surface area contributed by atoms with Crippen LogP contribution in [0.2, 0.25) is 0 Å². The zero-order valence-corrected chi connectivity index (χ0v) is 15.0. The Labute approximate surface area is 154 Å². The molecule has 2 aromatic rings. The molecule has 5 nitrogen and oxygen atoms in total. The summed E-state index contributed by atoms with van der Waals surface area (Å²) in [5, 5.41) is 2.69. The Balaban J connectivity index is 1.83. The summed E-state index contributed by atoms with van der Waals surface area (Å²) in [6.07, 6.45) is 0. The van der Waals surface area contributed by atoms with Gasteiger partial charge in [0.25, 0.3) is 0 Å². The summed E-state index contributed by atoms with van der Waals surface area (Å²) in [5.41, 5.74) is 7.22. The molecule has 0 spiro atoms. The fourth-order valence-electron chi connectivity index (χ4n) is 3.84. The molecule has 3 rings (SSSR count). The first kappa shape index (κ1) is 18.1. The van der Waals surface area contributed by atoms with Crippen LogP contribution in [0.4, 0.5) is 0 Å². The monoisotopic (exact) mass is 351 g/mol. The second kappa shape index (κ2) is 7.70. The maximum Gasteiger partial charge on any atom is 0.236 e. The number of nitrogens with zero attached hydrogens (tertiary/aromatic N) is 1. The molecule has 1 fully saturated rings. The fourth-order valence-corrected chi connectivity index (χ4v) is 3.84. The van der Waals surface area contributed by atoms with E-state index >= 15 is 0 Å². The van der Waals surface area contributed by atoms with Crippen LogP contribution in [0.5, 0.6) is 0 Å². The molecule has 1 aliphatic rings. The van der Waals surface area contributed by atoms with Gasteiger partial charge in [0.1, 0.15) is 0 Å². The minimum absolute atomic E-state index is 0.120. The van der Waals surface area contributed by atoms with Gasteiger partial charge in [0.15, 0.2) is 0 Å². The topological polar surface area (TPSA) is 75.4 Å². The van der Waals surface area contributed by atoms with Gasteiger partial charge in [-0.05, 0) is 11.1 Å². The highest BCUT2D eigenvalue weighted by Crippen LogP contribution is 2.39. The zero-order valence-electron chi connectivity index (χ0n) is 15.0. The molecule has 0 saturated carbocycles. The Morgan fingerprint density at radius 1 is 1.12 bits per heavy atom. The van der Waals surface area contributed by atoms with Crippen molar-refractivity contribution in [3.8, 4) is 0 Å². The summed E-state index contributed by atoms with van der Waals surface area (Å²) < 4.78 is 0. The van der Waals surface area contributed by atoms with Crippen molar-refractivity contribution in [3.63, 3.8) is 0 Å². The van der Waals surface area contributed by atoms with E-state index in [2.05, 4.69) is 41.4 Å². The van der Waals surface area contributed by atoms with Crippen LogP contribution in [0, 0.1) is 5.92 Å². The molecule has 136 valence electrons. The molecular weight excluding hydrogens is 326 g/mol. The van der Waals surface area contributed by atoms with Crippen LogP contribution in [0.25, 0.3) is 0 Å². The number of rotatable bonds is 6. The Morgan fingerprint density at radius 2 is 1.73 bits per heavy atom. The van der Waals surface area contributed by atoms with Crippen molar-refractivity contribution in [1.29, 1.82) is 0 Å². The van der Waals surface area contributed by atoms with Crippen LogP contribution in [0.15, 0.2) is 60.7 Å². The maximum absolute atomic E-state index is 12.8. The summed E-state index contributed by atoms with van der Waals surface area (Å²) >= 11 is 0. The van der Waals surface area contributed by atoms with Crippen molar-refractivity contribution in [2.24, 2.45) is 11.7 Å². The third-order valence-electron chi connectivity index (χ3n) is 5.20. The SMILES string of the molecule is C[C@]1(c2ccccc2)CN(Cc2ccccc2)C[C@@H]1C(=O)NCC(N)=O. The maximum atomic E-state index is 12.8. The minimum atomic E-state index is -0.529. The van der Waals surface area contributed by atoms with Crippen molar-refractivity contribution >= 4 is 11.8 Å². The van der Waals surface area contributed by atoms with Gasteiger partial charge in [0.05, 0.1) is 12.5 Å². The molecule has 0 radical (unpaired) electrons. The molecule has 0 aromatic heterocycles. The molecule has 26 heavy (non-hydrogen) atoms. The first-order chi connectivity index (χ1) is 12.5. The van der Waals surface area contributed by atoms with Gasteiger partial charge in [-0.1, -0.05) is 67.6 Å². The standard InChI is InChI=1S/C21H25N3O2/c1-21(17-10-6-3-7-11-17)15-24(13-16-8-4-2-5-9-16)14-18(21)20(26)23-12-19(22)25/h2-11,18H,12-15H2,1H3,(H2,22,25)(H,23,26)/t18-,21-/m1/s1. The van der Waals surface area contributed by atoms with E-state index in [0.717, 1.165) is 18.7 Å². The highest BCUT2D eigenvalue weighted by molar-refractivity contribution is 5.86. The van der Waals surface area contributed by atoms with Crippen LogP contribution < -0.4 is 11.1 Å². The normalized spacial score (nSPS) is 22.9. The van der Waals surface area contributed by atoms with E-state index in [1.807, 2.05) is 36.4 Å². The lowest BCUT2D eigenvalue weighted by molar-refractivity contribution is -0.128. The molecule has 2 amide bonds. The van der Waals surface area contributed by atoms with E-state index in [1.54, 1.807) is 0 Å². The first-order valence-electron chi connectivity index (χ1n) is 8.87. The van der Waals surface area contributed by atoms with E-state index < -0.39 is 5.91 Å². The summed E-state index contributed by atoms with van der Waals surface area (Å²) in [4.78, 5) is 26.1. The Kier molecular flexibility index (Phi) is 5.38. The largest absolute Gasteiger partial charge is 0.368 e. The summed E-state index contributed by atoms with van der Waals surface area (Å²) in [7, 11) is 0. The Morgan fingerprint density at radius 3 is 2.35 bits per heavy atom. The molecule has 0 aliphatic carbocycles. The number of hydrogen-bond acceptors (Lipinski definition) is 3. The van der Waals surface area contributed by atoms with Crippen molar-refractivity contribution in [2.75, 3.05) is 19.6 Å².